The summed E-state index contributed by atoms with van der Waals surface area (Å²) < 4.78 is 0. The second kappa shape index (κ2) is 6.68. The lowest BCUT2D eigenvalue weighted by Gasteiger charge is -2.21. The molecule has 1 aliphatic heterocycles. The number of carbonyl (C=O) groups is 2. The van der Waals surface area contributed by atoms with Crippen molar-refractivity contribution in [2.45, 2.75) is 19.8 Å². The molecular formula is C13H13N3O2S2. The molecule has 1 atom stereocenters. The molecule has 104 valence electrons. The first-order chi connectivity index (χ1) is 9.60. The van der Waals surface area contributed by atoms with Crippen molar-refractivity contribution in [1.29, 1.82) is 5.26 Å². The first kappa shape index (κ1) is 14.8. The Morgan fingerprint density at radius 1 is 1.70 bits per heavy atom. The fraction of sp³-hybridized carbons (Fsp3) is 0.385. The van der Waals surface area contributed by atoms with E-state index in [9.17, 15) is 9.59 Å². The van der Waals surface area contributed by atoms with Crippen molar-refractivity contribution >= 4 is 34.8 Å². The average Bonchev–Trinajstić information content (AvgIpc) is 2.88. The standard InChI is InChI=1S/C13H13N3O2S2/c1-8-4-11(18)16-13(10(8)6-14)20-7-9(17)5-12-15-2-3-19-12/h2-3,8H,4-5,7H2,1H3,(H,16,18). The largest absolute Gasteiger partial charge is 0.320 e. The van der Waals surface area contributed by atoms with E-state index in [0.29, 0.717) is 23.4 Å². The topological polar surface area (TPSA) is 82.8 Å². The van der Waals surface area contributed by atoms with E-state index in [1.54, 1.807) is 6.20 Å². The van der Waals surface area contributed by atoms with Gasteiger partial charge in [-0.1, -0.05) is 18.7 Å². The highest BCUT2D eigenvalue weighted by Gasteiger charge is 2.25. The van der Waals surface area contributed by atoms with Crippen molar-refractivity contribution in [3.05, 3.63) is 27.2 Å². The predicted octanol–water partition coefficient (Wildman–Crippen LogP) is 1.88. The number of nitrogens with one attached hydrogen (secondary N) is 1. The van der Waals surface area contributed by atoms with Gasteiger partial charge in [0.1, 0.15) is 5.78 Å². The van der Waals surface area contributed by atoms with Crippen LogP contribution in [0.2, 0.25) is 0 Å². The number of Topliss-reactive ketones (excluding diaryl/α,β-unsaturated/α-hetero) is 1. The zero-order valence-corrected chi connectivity index (χ0v) is 12.5. The zero-order valence-electron chi connectivity index (χ0n) is 10.9. The number of amides is 1. The van der Waals surface area contributed by atoms with Gasteiger partial charge in [-0.05, 0) is 0 Å². The van der Waals surface area contributed by atoms with Crippen molar-refractivity contribution in [1.82, 2.24) is 10.3 Å². The molecule has 1 unspecified atom stereocenters. The Bertz CT molecular complexity index is 587. The van der Waals surface area contributed by atoms with E-state index < -0.39 is 0 Å². The number of hydrogen-bond donors (Lipinski definition) is 1. The Hall–Kier alpha value is -1.65. The number of thiazole rings is 1. The summed E-state index contributed by atoms with van der Waals surface area (Å²) in [6.45, 7) is 1.84. The van der Waals surface area contributed by atoms with Crippen molar-refractivity contribution < 1.29 is 9.59 Å². The summed E-state index contributed by atoms with van der Waals surface area (Å²) in [6, 6.07) is 2.12. The SMILES string of the molecule is CC1CC(=O)NC(SCC(=O)Cc2nccs2)=C1C#N. The van der Waals surface area contributed by atoms with Gasteiger partial charge in [0.25, 0.3) is 0 Å². The van der Waals surface area contributed by atoms with Crippen LogP contribution in [-0.4, -0.2) is 22.4 Å². The number of aromatic nitrogens is 1. The van der Waals surface area contributed by atoms with Gasteiger partial charge in [-0.3, -0.25) is 9.59 Å². The van der Waals surface area contributed by atoms with Gasteiger partial charge in [0.05, 0.1) is 33.9 Å². The van der Waals surface area contributed by atoms with Gasteiger partial charge >= 0.3 is 0 Å². The first-order valence-corrected chi connectivity index (χ1v) is 7.93. The lowest BCUT2D eigenvalue weighted by atomic mass is 9.96. The van der Waals surface area contributed by atoms with Gasteiger partial charge in [0.2, 0.25) is 5.91 Å². The molecule has 0 aliphatic carbocycles. The minimum absolute atomic E-state index is 0.0298. The van der Waals surface area contributed by atoms with Crippen LogP contribution in [0, 0.1) is 17.2 Å². The van der Waals surface area contributed by atoms with E-state index in [4.69, 9.17) is 5.26 Å². The molecule has 1 aromatic rings. The number of allylic oxidation sites excluding steroid dienone is 1. The molecule has 20 heavy (non-hydrogen) atoms. The molecule has 2 rings (SSSR count). The molecule has 0 fully saturated rings. The number of rotatable bonds is 5. The third-order valence-electron chi connectivity index (χ3n) is 2.81. The summed E-state index contributed by atoms with van der Waals surface area (Å²) in [4.78, 5) is 27.4. The monoisotopic (exact) mass is 307 g/mol. The fourth-order valence-corrected chi connectivity index (χ4v) is 3.48. The Kier molecular flexibility index (Phi) is 4.93. The van der Waals surface area contributed by atoms with Crippen molar-refractivity contribution in [3.8, 4) is 6.07 Å². The molecule has 0 saturated carbocycles. The molecule has 1 amide bonds. The third-order valence-corrected chi connectivity index (χ3v) is 4.67. The third kappa shape index (κ3) is 3.68. The highest BCUT2D eigenvalue weighted by Crippen LogP contribution is 2.28. The molecule has 1 aliphatic rings. The highest BCUT2D eigenvalue weighted by atomic mass is 32.2. The molecule has 1 aromatic heterocycles. The van der Waals surface area contributed by atoms with E-state index in [2.05, 4.69) is 16.4 Å². The quantitative estimate of drug-likeness (QED) is 0.898. The first-order valence-electron chi connectivity index (χ1n) is 6.07. The van der Waals surface area contributed by atoms with Gasteiger partial charge in [-0.25, -0.2) is 4.98 Å². The summed E-state index contributed by atoms with van der Waals surface area (Å²) in [5.41, 5.74) is 0.552. The predicted molar refractivity (Wildman–Crippen MR) is 77.8 cm³/mol. The summed E-state index contributed by atoms with van der Waals surface area (Å²) in [5, 5.41) is 14.9. The van der Waals surface area contributed by atoms with Crippen molar-refractivity contribution in [2.75, 3.05) is 5.75 Å². The lowest BCUT2D eigenvalue weighted by molar-refractivity contribution is -0.121. The second-order valence-corrected chi connectivity index (χ2v) is 6.40. The number of hydrogen-bond acceptors (Lipinski definition) is 6. The molecule has 1 N–H and O–H groups in total. The molecular weight excluding hydrogens is 294 g/mol. The lowest BCUT2D eigenvalue weighted by Crippen LogP contribution is -2.31. The molecule has 0 spiro atoms. The van der Waals surface area contributed by atoms with Gasteiger partial charge in [0, 0.05) is 23.9 Å². The van der Waals surface area contributed by atoms with E-state index in [-0.39, 0.29) is 23.4 Å². The van der Waals surface area contributed by atoms with Crippen molar-refractivity contribution in [2.24, 2.45) is 5.92 Å². The number of thioether (sulfide) groups is 1. The fourth-order valence-electron chi connectivity index (χ4n) is 1.84. The molecule has 7 heteroatoms. The second-order valence-electron chi connectivity index (χ2n) is 4.44. The molecule has 0 bridgehead atoms. The van der Waals surface area contributed by atoms with E-state index in [1.807, 2.05) is 12.3 Å². The van der Waals surface area contributed by atoms with Crippen LogP contribution in [0.1, 0.15) is 18.4 Å². The van der Waals surface area contributed by atoms with Crippen LogP contribution in [0.15, 0.2) is 22.2 Å². The summed E-state index contributed by atoms with van der Waals surface area (Å²) in [6.07, 6.45) is 2.28. The number of nitrogens with zero attached hydrogens (tertiary/aromatic N) is 2. The van der Waals surface area contributed by atoms with Crippen LogP contribution in [-0.2, 0) is 16.0 Å². The van der Waals surface area contributed by atoms with Crippen LogP contribution >= 0.6 is 23.1 Å². The minimum Gasteiger partial charge on any atom is -0.320 e. The Morgan fingerprint density at radius 3 is 3.15 bits per heavy atom. The van der Waals surface area contributed by atoms with E-state index >= 15 is 0 Å². The molecule has 0 radical (unpaired) electrons. The summed E-state index contributed by atoms with van der Waals surface area (Å²) in [5.74, 6) is 0.0616. The Balaban J connectivity index is 1.96. The summed E-state index contributed by atoms with van der Waals surface area (Å²) >= 11 is 2.66. The van der Waals surface area contributed by atoms with Gasteiger partial charge in [-0.15, -0.1) is 11.3 Å². The summed E-state index contributed by atoms with van der Waals surface area (Å²) in [7, 11) is 0. The van der Waals surface area contributed by atoms with Crippen LogP contribution < -0.4 is 5.32 Å². The van der Waals surface area contributed by atoms with Gasteiger partial charge in [-0.2, -0.15) is 5.26 Å². The van der Waals surface area contributed by atoms with Crippen LogP contribution in [0.25, 0.3) is 0 Å². The average molecular weight is 307 g/mol. The van der Waals surface area contributed by atoms with Crippen LogP contribution in [0.4, 0.5) is 0 Å². The molecule has 0 saturated heterocycles. The molecule has 2 heterocycles. The van der Waals surface area contributed by atoms with Crippen LogP contribution in [0.3, 0.4) is 0 Å². The number of ketones is 1. The Labute approximate surface area is 125 Å². The maximum absolute atomic E-state index is 11.8. The maximum atomic E-state index is 11.8. The highest BCUT2D eigenvalue weighted by molar-refractivity contribution is 8.03. The Morgan fingerprint density at radius 2 is 2.50 bits per heavy atom. The smallest absolute Gasteiger partial charge is 0.225 e. The maximum Gasteiger partial charge on any atom is 0.225 e. The minimum atomic E-state index is -0.105. The zero-order chi connectivity index (χ0) is 14.5. The normalized spacial score (nSPS) is 18.6. The van der Waals surface area contributed by atoms with E-state index in [1.165, 1.54) is 23.1 Å². The van der Waals surface area contributed by atoms with Gasteiger partial charge in [0.15, 0.2) is 0 Å². The van der Waals surface area contributed by atoms with E-state index in [0.717, 1.165) is 5.01 Å². The molecule has 0 aromatic carbocycles. The molecule has 5 nitrogen and oxygen atoms in total. The number of carbonyl (C=O) groups excluding carboxylic acids is 2. The number of nitriles is 1. The van der Waals surface area contributed by atoms with Gasteiger partial charge < -0.3 is 5.32 Å². The van der Waals surface area contributed by atoms with Crippen molar-refractivity contribution in [3.63, 3.8) is 0 Å². The van der Waals surface area contributed by atoms with Crippen LogP contribution in [0.5, 0.6) is 0 Å².